The molecule has 0 unspecified atom stereocenters. The smallest absolute Gasteiger partial charge is 0.417 e. The SMILES string of the molecule is CCOC(=O)C=Cc1ccc(-c2noc(-c3cn4cc(C(F)(F)F)cc(Cl)c4n3)n2)c(CC)c1. The van der Waals surface area contributed by atoms with E-state index in [9.17, 15) is 18.0 Å². The number of benzene rings is 1. The molecule has 3 aromatic heterocycles. The molecule has 7 nitrogen and oxygen atoms in total. The number of carbonyl (C=O) groups is 1. The van der Waals surface area contributed by atoms with Crippen LogP contribution in [0, 0.1) is 0 Å². The van der Waals surface area contributed by atoms with Gasteiger partial charge in [0.1, 0.15) is 5.69 Å². The monoisotopic (exact) mass is 490 g/mol. The summed E-state index contributed by atoms with van der Waals surface area (Å²) in [5.41, 5.74) is 1.85. The van der Waals surface area contributed by atoms with E-state index < -0.39 is 17.7 Å². The second-order valence-electron chi connectivity index (χ2n) is 7.21. The van der Waals surface area contributed by atoms with Gasteiger partial charge in [-0.05, 0) is 36.6 Å². The number of aryl methyl sites for hydroxylation is 1. The molecule has 176 valence electrons. The van der Waals surface area contributed by atoms with Crippen LogP contribution in [0.1, 0.15) is 30.5 Å². The standard InChI is InChI=1S/C23H18ClF3N4O3/c1-3-14-9-13(6-8-19(32)33-4-2)5-7-16(14)20-29-22(34-30-20)18-12-31-11-15(23(25,26)27)10-17(24)21(31)28-18/h5-12H,3-4H2,1-2H3. The van der Waals surface area contributed by atoms with Crippen molar-refractivity contribution in [2.24, 2.45) is 0 Å². The van der Waals surface area contributed by atoms with E-state index in [1.807, 2.05) is 13.0 Å². The molecule has 4 aromatic rings. The summed E-state index contributed by atoms with van der Waals surface area (Å²) in [6.45, 7) is 3.99. The van der Waals surface area contributed by atoms with Crippen LogP contribution in [0.15, 0.2) is 47.3 Å². The Kier molecular flexibility index (Phi) is 6.43. The highest BCUT2D eigenvalue weighted by atomic mass is 35.5. The van der Waals surface area contributed by atoms with Gasteiger partial charge in [-0.2, -0.15) is 18.2 Å². The maximum Gasteiger partial charge on any atom is 0.417 e. The second-order valence-corrected chi connectivity index (χ2v) is 7.62. The maximum absolute atomic E-state index is 13.1. The molecular formula is C23H18ClF3N4O3. The number of hydrogen-bond donors (Lipinski definition) is 0. The van der Waals surface area contributed by atoms with Gasteiger partial charge in [0.2, 0.25) is 5.82 Å². The Morgan fingerprint density at radius 3 is 2.71 bits per heavy atom. The molecule has 4 rings (SSSR count). The van der Waals surface area contributed by atoms with Crippen molar-refractivity contribution in [3.05, 3.63) is 64.4 Å². The third kappa shape index (κ3) is 4.81. The Hall–Kier alpha value is -3.66. The number of alkyl halides is 3. The Balaban J connectivity index is 1.65. The third-order valence-electron chi connectivity index (χ3n) is 4.93. The first kappa shape index (κ1) is 23.5. The lowest BCUT2D eigenvalue weighted by atomic mass is 10.0. The molecule has 0 aliphatic heterocycles. The highest BCUT2D eigenvalue weighted by Crippen LogP contribution is 2.33. The number of imidazole rings is 1. The number of carbonyl (C=O) groups excluding carboxylic acids is 1. The minimum absolute atomic E-state index is 0.0386. The lowest BCUT2D eigenvalue weighted by molar-refractivity contribution is -0.138. The number of aromatic nitrogens is 4. The lowest BCUT2D eigenvalue weighted by Crippen LogP contribution is -2.06. The van der Waals surface area contributed by atoms with Crippen molar-refractivity contribution in [3.63, 3.8) is 0 Å². The van der Waals surface area contributed by atoms with Gasteiger partial charge < -0.3 is 13.7 Å². The van der Waals surface area contributed by atoms with Gasteiger partial charge in [0.15, 0.2) is 5.65 Å². The molecule has 0 fully saturated rings. The van der Waals surface area contributed by atoms with Crippen molar-refractivity contribution < 1.29 is 27.2 Å². The van der Waals surface area contributed by atoms with E-state index in [1.54, 1.807) is 25.1 Å². The highest BCUT2D eigenvalue weighted by Gasteiger charge is 2.32. The van der Waals surface area contributed by atoms with Gasteiger partial charge in [-0.1, -0.05) is 41.9 Å². The molecule has 34 heavy (non-hydrogen) atoms. The largest absolute Gasteiger partial charge is 0.463 e. The normalized spacial score (nSPS) is 12.1. The fraction of sp³-hybridized carbons (Fsp3) is 0.217. The van der Waals surface area contributed by atoms with E-state index in [-0.39, 0.29) is 22.3 Å². The van der Waals surface area contributed by atoms with Gasteiger partial charge in [0, 0.05) is 24.0 Å². The third-order valence-corrected chi connectivity index (χ3v) is 5.21. The maximum atomic E-state index is 13.1. The van der Waals surface area contributed by atoms with Crippen LogP contribution in [0.5, 0.6) is 0 Å². The molecule has 0 spiro atoms. The van der Waals surface area contributed by atoms with Crippen LogP contribution in [-0.2, 0) is 22.1 Å². The first-order valence-corrected chi connectivity index (χ1v) is 10.6. The molecule has 0 N–H and O–H groups in total. The summed E-state index contributed by atoms with van der Waals surface area (Å²) in [6, 6.07) is 6.31. The van der Waals surface area contributed by atoms with Crippen LogP contribution in [0.3, 0.4) is 0 Å². The van der Waals surface area contributed by atoms with Gasteiger partial charge >= 0.3 is 12.1 Å². The molecule has 11 heteroatoms. The second kappa shape index (κ2) is 9.30. The molecule has 0 bridgehead atoms. The summed E-state index contributed by atoms with van der Waals surface area (Å²) < 4.78 is 50.6. The Labute approximate surface area is 196 Å². The fourth-order valence-electron chi connectivity index (χ4n) is 3.33. The molecule has 0 saturated heterocycles. The predicted molar refractivity (Wildman–Crippen MR) is 119 cm³/mol. The molecule has 0 aliphatic rings. The Morgan fingerprint density at radius 2 is 2.00 bits per heavy atom. The number of pyridine rings is 1. The van der Waals surface area contributed by atoms with E-state index in [0.717, 1.165) is 23.4 Å². The number of ether oxygens (including phenoxy) is 1. The van der Waals surface area contributed by atoms with Crippen molar-refractivity contribution >= 4 is 29.3 Å². The number of halogens is 4. The van der Waals surface area contributed by atoms with Crippen molar-refractivity contribution in [3.8, 4) is 23.0 Å². The first-order chi connectivity index (χ1) is 16.2. The summed E-state index contributed by atoms with van der Waals surface area (Å²) in [7, 11) is 0. The Bertz CT molecular complexity index is 1390. The van der Waals surface area contributed by atoms with E-state index >= 15 is 0 Å². The van der Waals surface area contributed by atoms with Crippen molar-refractivity contribution in [1.29, 1.82) is 0 Å². The van der Waals surface area contributed by atoms with Crippen molar-refractivity contribution in [2.45, 2.75) is 26.4 Å². The molecule has 0 aliphatic carbocycles. The molecule has 0 atom stereocenters. The van der Waals surface area contributed by atoms with E-state index in [2.05, 4.69) is 15.1 Å². The fourth-order valence-corrected chi connectivity index (χ4v) is 3.59. The van der Waals surface area contributed by atoms with Gasteiger partial charge in [0.25, 0.3) is 5.89 Å². The Morgan fingerprint density at radius 1 is 1.21 bits per heavy atom. The van der Waals surface area contributed by atoms with Crippen molar-refractivity contribution in [2.75, 3.05) is 6.61 Å². The van der Waals surface area contributed by atoms with Crippen LogP contribution in [0.4, 0.5) is 13.2 Å². The number of hydrogen-bond acceptors (Lipinski definition) is 6. The van der Waals surface area contributed by atoms with E-state index in [0.29, 0.717) is 24.4 Å². The molecular weight excluding hydrogens is 473 g/mol. The summed E-state index contributed by atoms with van der Waals surface area (Å²) >= 11 is 6.00. The zero-order chi connectivity index (χ0) is 24.5. The van der Waals surface area contributed by atoms with Crippen LogP contribution < -0.4 is 0 Å². The van der Waals surface area contributed by atoms with Gasteiger partial charge in [-0.15, -0.1) is 0 Å². The first-order valence-electron chi connectivity index (χ1n) is 10.3. The van der Waals surface area contributed by atoms with Crippen LogP contribution in [0.2, 0.25) is 5.02 Å². The molecule has 0 amide bonds. The molecule has 0 radical (unpaired) electrons. The average molecular weight is 491 g/mol. The number of fused-ring (bicyclic) bond motifs is 1. The van der Waals surface area contributed by atoms with Crippen LogP contribution in [-0.4, -0.2) is 32.1 Å². The minimum atomic E-state index is -4.55. The highest BCUT2D eigenvalue weighted by molar-refractivity contribution is 6.33. The van der Waals surface area contributed by atoms with Crippen molar-refractivity contribution in [1.82, 2.24) is 19.5 Å². The lowest BCUT2D eigenvalue weighted by Gasteiger charge is -2.07. The molecule has 0 saturated carbocycles. The van der Waals surface area contributed by atoms with Crippen LogP contribution >= 0.6 is 11.6 Å². The summed E-state index contributed by atoms with van der Waals surface area (Å²) in [5, 5.41) is 3.86. The zero-order valence-electron chi connectivity index (χ0n) is 18.1. The van der Waals surface area contributed by atoms with Gasteiger partial charge in [-0.3, -0.25) is 0 Å². The number of esters is 1. The van der Waals surface area contributed by atoms with Gasteiger partial charge in [0.05, 0.1) is 17.2 Å². The summed E-state index contributed by atoms with van der Waals surface area (Å²) in [5.74, 6) is -0.0917. The van der Waals surface area contributed by atoms with E-state index in [4.69, 9.17) is 20.9 Å². The number of nitrogens with zero attached hydrogens (tertiary/aromatic N) is 4. The summed E-state index contributed by atoms with van der Waals surface area (Å²) in [4.78, 5) is 20.1. The molecule has 3 heterocycles. The van der Waals surface area contributed by atoms with E-state index in [1.165, 1.54) is 16.7 Å². The topological polar surface area (TPSA) is 82.5 Å². The number of rotatable bonds is 6. The zero-order valence-corrected chi connectivity index (χ0v) is 18.8. The predicted octanol–water partition coefficient (Wildman–Crippen LogP) is 5.86. The quantitative estimate of drug-likeness (QED) is 0.248. The van der Waals surface area contributed by atoms with Crippen LogP contribution in [0.25, 0.3) is 34.7 Å². The average Bonchev–Trinajstić information content (AvgIpc) is 3.44. The minimum Gasteiger partial charge on any atom is -0.463 e. The summed E-state index contributed by atoms with van der Waals surface area (Å²) in [6.07, 6.45) is 1.35. The molecule has 1 aromatic carbocycles. The van der Waals surface area contributed by atoms with Gasteiger partial charge in [-0.25, -0.2) is 9.78 Å².